The maximum Gasteiger partial charge on any atom is 0.303 e. The van der Waals surface area contributed by atoms with Crippen molar-refractivity contribution in [3.8, 4) is 57.5 Å². The molecule has 26 nitrogen and oxygen atoms in total. The smallest absolute Gasteiger partial charge is 0.303 e. The monoisotopic (exact) mass is 1620 g/mol. The first-order chi connectivity index (χ1) is 56.5. The highest BCUT2D eigenvalue weighted by atomic mass is 16.7. The Labute approximate surface area is 688 Å². The van der Waals surface area contributed by atoms with Crippen LogP contribution in [0.4, 0.5) is 0 Å². The van der Waals surface area contributed by atoms with Crippen molar-refractivity contribution in [3.63, 3.8) is 0 Å². The molecule has 5 aliphatic carbocycles. The largest absolute Gasteiger partial charge is 0.493 e. The molecular formula is C92H113N5O21+2. The number of quaternary nitrogens is 2. The van der Waals surface area contributed by atoms with E-state index in [0.29, 0.717) is 66.7 Å². The number of aliphatic hydroxyl groups is 5. The fourth-order valence-corrected chi connectivity index (χ4v) is 26.3. The van der Waals surface area contributed by atoms with Gasteiger partial charge in [0.25, 0.3) is 0 Å². The summed E-state index contributed by atoms with van der Waals surface area (Å²) in [6, 6.07) is 22.2. The predicted octanol–water partition coefficient (Wildman–Crippen LogP) is 9.50. The fraction of sp³-hybridized carbons (Fsp3) is 0.598. The summed E-state index contributed by atoms with van der Waals surface area (Å²) in [5.74, 6) is 9.05. The van der Waals surface area contributed by atoms with Crippen LogP contribution in [-0.2, 0) is 61.3 Å². The van der Waals surface area contributed by atoms with Crippen LogP contribution >= 0.6 is 0 Å². The summed E-state index contributed by atoms with van der Waals surface area (Å²) in [6.45, 7) is 19.8. The van der Waals surface area contributed by atoms with Crippen molar-refractivity contribution in [2.24, 2.45) is 17.8 Å². The van der Waals surface area contributed by atoms with E-state index in [-0.39, 0.29) is 74.2 Å². The van der Waals surface area contributed by atoms with Gasteiger partial charge in [0, 0.05) is 119 Å². The van der Waals surface area contributed by atoms with E-state index in [1.54, 1.807) is 35.2 Å². The van der Waals surface area contributed by atoms with Crippen molar-refractivity contribution in [1.29, 1.82) is 0 Å². The molecule has 14 aliphatic heterocycles. The summed E-state index contributed by atoms with van der Waals surface area (Å²) < 4.78 is 74.6. The third-order valence-electron chi connectivity index (χ3n) is 31.5. The van der Waals surface area contributed by atoms with Crippen LogP contribution in [0.25, 0.3) is 0 Å². The molecule has 5 aromatic carbocycles. The fourth-order valence-electron chi connectivity index (χ4n) is 26.3. The molecule has 23 atom stereocenters. The van der Waals surface area contributed by atoms with E-state index in [0.717, 1.165) is 180 Å². The molecule has 118 heavy (non-hydrogen) atoms. The molecule has 5 saturated heterocycles. The first-order valence-corrected chi connectivity index (χ1v) is 42.7. The highest BCUT2D eigenvalue weighted by molar-refractivity contribution is 5.80. The second-order valence-electron chi connectivity index (χ2n) is 38.2. The van der Waals surface area contributed by atoms with Crippen molar-refractivity contribution >= 4 is 17.8 Å². The summed E-state index contributed by atoms with van der Waals surface area (Å²) in [5.41, 5.74) is 10.4. The molecule has 1 amide bonds. The summed E-state index contributed by atoms with van der Waals surface area (Å²) >= 11 is 0. The molecule has 0 aromatic heterocycles. The van der Waals surface area contributed by atoms with Gasteiger partial charge in [-0.3, -0.25) is 24.2 Å². The quantitative estimate of drug-likeness (QED) is 0.0622. The van der Waals surface area contributed by atoms with E-state index in [1.807, 2.05) is 38.1 Å². The average molecular weight is 1620 g/mol. The minimum absolute atomic E-state index is 0.0338. The van der Waals surface area contributed by atoms with E-state index in [4.69, 9.17) is 61.6 Å². The number of carbonyl (C=O) groups is 3. The van der Waals surface area contributed by atoms with Crippen LogP contribution in [0.15, 0.2) is 84.0 Å². The number of carbonyl (C=O) groups excluding carboxylic acids is 3. The highest BCUT2D eigenvalue weighted by Crippen LogP contribution is 2.62. The number of aliphatic hydroxyl groups excluding tert-OH is 2. The lowest BCUT2D eigenvalue weighted by Gasteiger charge is -2.56. The van der Waals surface area contributed by atoms with E-state index >= 15 is 0 Å². The number of ether oxygens (including phenoxy) is 13. The Balaban J connectivity index is 0.0000000951. The summed E-state index contributed by atoms with van der Waals surface area (Å²) in [5, 5.41) is 54.5. The molecular weight excluding hydrogens is 1510 g/mol. The second kappa shape index (κ2) is 28.3. The SMILES string of the molecule is CC(=O)O[C@H]1C[C@H]2CC[N@+]3(C)Cc4cc5c(cc4[C@@H]([C@@H]23)[C@@]1(C)OC(C)=O)OCO5.COc1cc2c(cc1OC)[C@H]1[C@H]3C(=C[C@H](OC)[C@]1(C)O)CCN3C2.C[C@]1(O)[C@@H](O)C=C2CC[N+]3(C)Cc4cc5c(cc4[C@H]1[C@@H]23)OCO5.C[C@]1(O)[C@@H](O)CC2CCN3Cc4cc5c(cc4[C@H]1[C@@H]23)OCO5.O=C1CC2CCCC3c4cc5c(cc4CN1C23)OCO5. The molecule has 0 radical (unpaired) electrons. The van der Waals surface area contributed by atoms with Gasteiger partial charge in [-0.05, 0) is 201 Å². The van der Waals surface area contributed by atoms with Crippen molar-refractivity contribution in [2.75, 3.05) is 88.8 Å². The Kier molecular flexibility index (Phi) is 18.8. The summed E-state index contributed by atoms with van der Waals surface area (Å²) in [7, 11) is 9.54. The topological polar surface area (TPSA) is 282 Å². The molecule has 5 unspecified atom stereocenters. The van der Waals surface area contributed by atoms with Crippen LogP contribution < -0.4 is 47.4 Å². The minimum atomic E-state index is -1.18. The molecule has 19 aliphatic rings. The Morgan fingerprint density at radius 1 is 0.517 bits per heavy atom. The number of hydrogen-bond donors (Lipinski definition) is 5. The van der Waals surface area contributed by atoms with Crippen LogP contribution in [0.2, 0.25) is 0 Å². The number of likely N-dealkylation sites (N-methyl/N-ethyl adjacent to an activating group) is 2. The molecule has 0 bridgehead atoms. The third-order valence-corrected chi connectivity index (χ3v) is 31.5. The lowest BCUT2D eigenvalue weighted by Crippen LogP contribution is -2.66. The van der Waals surface area contributed by atoms with Gasteiger partial charge in [0.15, 0.2) is 63.1 Å². The van der Waals surface area contributed by atoms with Crippen LogP contribution in [0.3, 0.4) is 0 Å². The molecule has 0 spiro atoms. The van der Waals surface area contributed by atoms with Gasteiger partial charge in [0.1, 0.15) is 54.7 Å². The van der Waals surface area contributed by atoms with Crippen LogP contribution in [0, 0.1) is 17.8 Å². The third kappa shape index (κ3) is 12.2. The standard InChI is InChI=1S/C22H28NO6.C19H25NO4.C18H22NO4.C17H21NO4.C16H17NO3/c1-12(24)28-19-8-14-5-6-23(4)10-15-7-17-18(27-11-26-17)9-16(15)20(21(14)23)22(19,3)29-13(2)25;1-19(21)16(24-4)8-11-5-6-20-10-12-7-14(22-2)15(23-3)9-13(12)17(19)18(11)20;1-18(21)15(20)6-10-3-4-19(2)8-11-5-13-14(23-9-22-13)7-12(11)16(18)17(10)19;1-17(20)14(19)5-9-2-3-18-7-10-4-12-13(22-8-21-12)6-11(10)15(17)16(9)18;18-15-5-9-2-1-3-11-12-6-14-13(19-8-20-14)4-10(12)7-17(15)16(9)11/h7,9,14,19-21H,5-6,8,10-11H2,1-4H3;7-9,16-18,21H,5-6,10H2,1-4H3;5-7,15-17,20-21H,3-4,8-9H2,1-2H3;4,6,9,14-16,19-20H,2-3,5,7-8H2,1H3;4,6,9,11,16H,1-3,5,7-8H2/q+1;;+1;;/t14-,19+,20+,21-,22+,23-;16-,17-,18+,19-;15-,16-,17+,18-,19?;9?,14-,15-,16+,17-;/m1000./s1. The van der Waals surface area contributed by atoms with Crippen molar-refractivity contribution in [2.45, 2.75) is 245 Å². The Morgan fingerprint density at radius 2 is 1.08 bits per heavy atom. The van der Waals surface area contributed by atoms with Gasteiger partial charge in [-0.15, -0.1) is 0 Å². The number of fused-ring (bicyclic) bond motifs is 14. The number of hydrogen-bond acceptors (Lipinski definition) is 23. The lowest BCUT2D eigenvalue weighted by molar-refractivity contribution is -0.941. The summed E-state index contributed by atoms with van der Waals surface area (Å²) in [6.07, 6.45) is 11.8. The maximum atomic E-state index is 12.3. The summed E-state index contributed by atoms with van der Waals surface area (Å²) in [4.78, 5) is 43.4. The zero-order valence-electron chi connectivity index (χ0n) is 69.5. The van der Waals surface area contributed by atoms with E-state index < -0.39 is 40.7 Å². The number of rotatable bonds is 5. The molecule has 630 valence electrons. The molecule has 26 heteroatoms. The number of esters is 2. The van der Waals surface area contributed by atoms with Gasteiger partial charge in [-0.25, -0.2) is 0 Å². The molecule has 5 aromatic rings. The normalized spacial score (nSPS) is 38.4. The average Bonchev–Trinajstić information content (AvgIpc) is 1.40. The van der Waals surface area contributed by atoms with Gasteiger partial charge in [0.2, 0.25) is 33.1 Å². The van der Waals surface area contributed by atoms with Crippen LogP contribution in [-0.4, -0.2) is 233 Å². The Bertz CT molecular complexity index is 5000. The Morgan fingerprint density at radius 3 is 1.69 bits per heavy atom. The lowest BCUT2D eigenvalue weighted by atomic mass is 9.61. The molecule has 5 N–H and O–H groups in total. The molecule has 3 saturated carbocycles. The number of amides is 1. The van der Waals surface area contributed by atoms with Gasteiger partial charge in [-0.2, -0.15) is 0 Å². The zero-order chi connectivity index (χ0) is 81.9. The van der Waals surface area contributed by atoms with Gasteiger partial charge in [-0.1, -0.05) is 18.1 Å². The first-order valence-electron chi connectivity index (χ1n) is 42.7. The molecule has 14 heterocycles. The number of benzene rings is 5. The van der Waals surface area contributed by atoms with Gasteiger partial charge in [0.05, 0.1) is 64.9 Å². The van der Waals surface area contributed by atoms with E-state index in [2.05, 4.69) is 77.3 Å². The van der Waals surface area contributed by atoms with Gasteiger partial charge < -0.3 is 101 Å². The predicted molar refractivity (Wildman–Crippen MR) is 427 cm³/mol. The van der Waals surface area contributed by atoms with Crippen molar-refractivity contribution in [3.05, 3.63) is 140 Å². The highest BCUT2D eigenvalue weighted by Gasteiger charge is 2.68. The number of methoxy groups -OCH3 is 3. The van der Waals surface area contributed by atoms with Gasteiger partial charge >= 0.3 is 11.9 Å². The first kappa shape index (κ1) is 78.2. The second-order valence-corrected chi connectivity index (χ2v) is 38.2. The number of nitrogens with zero attached hydrogens (tertiary/aromatic N) is 5. The molecule has 8 fully saturated rings. The minimum Gasteiger partial charge on any atom is -0.493 e. The van der Waals surface area contributed by atoms with Crippen molar-refractivity contribution < 1.29 is 110 Å². The van der Waals surface area contributed by atoms with Crippen LogP contribution in [0.1, 0.15) is 191 Å². The van der Waals surface area contributed by atoms with Crippen molar-refractivity contribution in [1.82, 2.24) is 14.7 Å². The maximum absolute atomic E-state index is 12.3. The Hall–Kier alpha value is -8.41. The van der Waals surface area contributed by atoms with Crippen LogP contribution in [0.5, 0.6) is 57.5 Å². The molecule has 24 rings (SSSR count). The van der Waals surface area contributed by atoms with E-state index in [1.165, 1.54) is 77.6 Å². The van der Waals surface area contributed by atoms with E-state index in [9.17, 15) is 39.9 Å². The zero-order valence-corrected chi connectivity index (χ0v) is 69.5.